The molecule has 0 aliphatic rings. The lowest BCUT2D eigenvalue weighted by atomic mass is 10.2. The molecule has 0 bridgehead atoms. The van der Waals surface area contributed by atoms with Crippen LogP contribution in [0.2, 0.25) is 0 Å². The summed E-state index contributed by atoms with van der Waals surface area (Å²) in [6, 6.07) is 18.4. The molecular formula is C16H14N2. The van der Waals surface area contributed by atoms with Crippen LogP contribution in [0.1, 0.15) is 12.7 Å². The van der Waals surface area contributed by atoms with Crippen LogP contribution in [0.5, 0.6) is 0 Å². The molecule has 0 aliphatic heterocycles. The lowest BCUT2D eigenvalue weighted by Crippen LogP contribution is -1.98. The monoisotopic (exact) mass is 234 g/mol. The summed E-state index contributed by atoms with van der Waals surface area (Å²) in [4.78, 5) is 4.65. The predicted molar refractivity (Wildman–Crippen MR) is 75.8 cm³/mol. The van der Waals surface area contributed by atoms with Gasteiger partial charge in [-0.1, -0.05) is 36.9 Å². The molecule has 1 aromatic heterocycles. The fourth-order valence-electron chi connectivity index (χ4n) is 2.15. The van der Waals surface area contributed by atoms with Crippen molar-refractivity contribution in [3.8, 4) is 5.69 Å². The van der Waals surface area contributed by atoms with Crippen molar-refractivity contribution in [2.45, 2.75) is 6.92 Å². The molecule has 0 amide bonds. The summed E-state index contributed by atoms with van der Waals surface area (Å²) in [5.41, 5.74) is 4.19. The van der Waals surface area contributed by atoms with Gasteiger partial charge in [-0.25, -0.2) is 4.98 Å². The molecule has 0 unspecified atom stereocenters. The van der Waals surface area contributed by atoms with Crippen molar-refractivity contribution >= 4 is 16.6 Å². The van der Waals surface area contributed by atoms with Crippen LogP contribution in [0.15, 0.2) is 61.2 Å². The van der Waals surface area contributed by atoms with Gasteiger partial charge in [0.25, 0.3) is 0 Å². The summed E-state index contributed by atoms with van der Waals surface area (Å²) >= 11 is 0. The molecule has 2 heteroatoms. The first-order valence-corrected chi connectivity index (χ1v) is 5.96. The van der Waals surface area contributed by atoms with Gasteiger partial charge in [-0.2, -0.15) is 0 Å². The van der Waals surface area contributed by atoms with Crippen molar-refractivity contribution in [1.82, 2.24) is 9.55 Å². The minimum Gasteiger partial charge on any atom is -0.293 e. The van der Waals surface area contributed by atoms with Crippen molar-refractivity contribution < 1.29 is 0 Å². The first-order chi connectivity index (χ1) is 8.77. The molecule has 0 N–H and O–H groups in total. The second-order valence-corrected chi connectivity index (χ2v) is 4.38. The van der Waals surface area contributed by atoms with Crippen molar-refractivity contribution in [1.29, 1.82) is 0 Å². The summed E-state index contributed by atoms with van der Waals surface area (Å²) in [5, 5.41) is 0. The second-order valence-electron chi connectivity index (χ2n) is 4.38. The van der Waals surface area contributed by atoms with E-state index in [1.54, 1.807) is 0 Å². The predicted octanol–water partition coefficient (Wildman–Crippen LogP) is 4.06. The number of benzene rings is 2. The normalized spacial score (nSPS) is 10.7. The molecule has 0 saturated carbocycles. The maximum atomic E-state index is 4.65. The highest BCUT2D eigenvalue weighted by molar-refractivity contribution is 5.81. The fraction of sp³-hybridized carbons (Fsp3) is 0.0625. The standard InChI is InChI=1S/C16H14N2/c1-12(2)16-17-14-10-6-7-11-15(14)18(16)13-8-4-3-5-9-13/h3-11H,1H2,2H3. The first-order valence-electron chi connectivity index (χ1n) is 5.96. The number of aromatic nitrogens is 2. The van der Waals surface area contributed by atoms with Gasteiger partial charge in [0.2, 0.25) is 0 Å². The molecule has 88 valence electrons. The lowest BCUT2D eigenvalue weighted by Gasteiger charge is -2.08. The smallest absolute Gasteiger partial charge is 0.140 e. The Morgan fingerprint density at radius 1 is 1.00 bits per heavy atom. The number of imidazole rings is 1. The molecule has 0 saturated heterocycles. The number of nitrogens with zero attached hydrogens (tertiary/aromatic N) is 2. The molecule has 3 rings (SSSR count). The van der Waals surface area contributed by atoms with E-state index in [9.17, 15) is 0 Å². The van der Waals surface area contributed by atoms with Crippen LogP contribution in [-0.4, -0.2) is 9.55 Å². The van der Waals surface area contributed by atoms with E-state index in [2.05, 4.69) is 34.3 Å². The van der Waals surface area contributed by atoms with Gasteiger partial charge in [0, 0.05) is 5.69 Å². The van der Waals surface area contributed by atoms with Crippen LogP contribution in [0.3, 0.4) is 0 Å². The van der Waals surface area contributed by atoms with Gasteiger partial charge >= 0.3 is 0 Å². The summed E-state index contributed by atoms with van der Waals surface area (Å²) in [6.45, 7) is 6.01. The summed E-state index contributed by atoms with van der Waals surface area (Å²) in [5.74, 6) is 0.919. The highest BCUT2D eigenvalue weighted by Gasteiger charge is 2.11. The third kappa shape index (κ3) is 1.63. The zero-order chi connectivity index (χ0) is 12.5. The van der Waals surface area contributed by atoms with E-state index in [1.807, 2.05) is 43.3 Å². The largest absolute Gasteiger partial charge is 0.293 e. The Bertz CT molecular complexity index is 708. The van der Waals surface area contributed by atoms with E-state index < -0.39 is 0 Å². The third-order valence-electron chi connectivity index (χ3n) is 2.96. The van der Waals surface area contributed by atoms with Gasteiger partial charge < -0.3 is 0 Å². The highest BCUT2D eigenvalue weighted by atomic mass is 15.1. The molecule has 3 aromatic rings. The van der Waals surface area contributed by atoms with E-state index in [0.717, 1.165) is 28.1 Å². The highest BCUT2D eigenvalue weighted by Crippen LogP contribution is 2.24. The topological polar surface area (TPSA) is 17.8 Å². The molecule has 0 aliphatic carbocycles. The van der Waals surface area contributed by atoms with Crippen LogP contribution in [-0.2, 0) is 0 Å². The Labute approximate surface area is 106 Å². The van der Waals surface area contributed by atoms with E-state index in [1.165, 1.54) is 0 Å². The minimum atomic E-state index is 0.919. The molecular weight excluding hydrogens is 220 g/mol. The van der Waals surface area contributed by atoms with E-state index >= 15 is 0 Å². The van der Waals surface area contributed by atoms with E-state index in [0.29, 0.717) is 0 Å². The Kier molecular flexibility index (Phi) is 2.49. The fourth-order valence-corrected chi connectivity index (χ4v) is 2.15. The maximum Gasteiger partial charge on any atom is 0.140 e. The lowest BCUT2D eigenvalue weighted by molar-refractivity contribution is 1.05. The molecule has 18 heavy (non-hydrogen) atoms. The Morgan fingerprint density at radius 3 is 2.39 bits per heavy atom. The van der Waals surface area contributed by atoms with E-state index in [-0.39, 0.29) is 0 Å². The minimum absolute atomic E-state index is 0.919. The van der Waals surface area contributed by atoms with E-state index in [4.69, 9.17) is 0 Å². The molecule has 0 atom stereocenters. The molecule has 2 nitrogen and oxygen atoms in total. The third-order valence-corrected chi connectivity index (χ3v) is 2.96. The molecule has 0 spiro atoms. The van der Waals surface area contributed by atoms with Crippen LogP contribution in [0.25, 0.3) is 22.3 Å². The number of allylic oxidation sites excluding steroid dienone is 1. The molecule has 2 aromatic carbocycles. The van der Waals surface area contributed by atoms with Gasteiger partial charge in [0.1, 0.15) is 5.82 Å². The van der Waals surface area contributed by atoms with Crippen LogP contribution in [0.4, 0.5) is 0 Å². The Morgan fingerprint density at radius 2 is 1.67 bits per heavy atom. The SMILES string of the molecule is C=C(C)c1nc2ccccc2n1-c1ccccc1. The number of hydrogen-bond acceptors (Lipinski definition) is 1. The van der Waals surface area contributed by atoms with Crippen LogP contribution >= 0.6 is 0 Å². The number of rotatable bonds is 2. The summed E-state index contributed by atoms with van der Waals surface area (Å²) in [7, 11) is 0. The van der Waals surface area contributed by atoms with Crippen molar-refractivity contribution in [3.05, 3.63) is 67.0 Å². The molecule has 0 radical (unpaired) electrons. The van der Waals surface area contributed by atoms with Crippen molar-refractivity contribution in [2.75, 3.05) is 0 Å². The second kappa shape index (κ2) is 4.15. The number of para-hydroxylation sites is 3. The summed E-state index contributed by atoms with van der Waals surface area (Å²) < 4.78 is 2.15. The van der Waals surface area contributed by atoms with Crippen molar-refractivity contribution in [3.63, 3.8) is 0 Å². The average Bonchev–Trinajstić information content (AvgIpc) is 2.79. The van der Waals surface area contributed by atoms with Gasteiger partial charge in [-0.15, -0.1) is 0 Å². The van der Waals surface area contributed by atoms with Crippen LogP contribution < -0.4 is 0 Å². The van der Waals surface area contributed by atoms with Gasteiger partial charge in [0.05, 0.1) is 11.0 Å². The maximum absolute atomic E-state index is 4.65. The summed E-state index contributed by atoms with van der Waals surface area (Å²) in [6.07, 6.45) is 0. The quantitative estimate of drug-likeness (QED) is 0.654. The van der Waals surface area contributed by atoms with Gasteiger partial charge in [0.15, 0.2) is 0 Å². The first kappa shape index (κ1) is 10.8. The Balaban J connectivity index is 2.38. The molecule has 0 fully saturated rings. The van der Waals surface area contributed by atoms with Gasteiger partial charge in [-0.3, -0.25) is 4.57 Å². The van der Waals surface area contributed by atoms with Crippen LogP contribution in [0, 0.1) is 0 Å². The Hall–Kier alpha value is -2.35. The van der Waals surface area contributed by atoms with Crippen molar-refractivity contribution in [2.24, 2.45) is 0 Å². The number of hydrogen-bond donors (Lipinski definition) is 0. The van der Waals surface area contributed by atoms with Gasteiger partial charge in [-0.05, 0) is 36.8 Å². The zero-order valence-corrected chi connectivity index (χ0v) is 10.3. The zero-order valence-electron chi connectivity index (χ0n) is 10.3. The average molecular weight is 234 g/mol. The number of fused-ring (bicyclic) bond motifs is 1. The molecule has 1 heterocycles.